The summed E-state index contributed by atoms with van der Waals surface area (Å²) in [6.07, 6.45) is 3.52. The third-order valence-corrected chi connectivity index (χ3v) is 10.7. The Morgan fingerprint density at radius 1 is 1.08 bits per heavy atom. The number of nitriles is 1. The number of hydrogen-bond donors (Lipinski definition) is 1. The molecule has 2 atom stereocenters. The molecule has 3 aliphatic rings. The van der Waals surface area contributed by atoms with E-state index >= 15 is 0 Å². The molecule has 0 radical (unpaired) electrons. The summed E-state index contributed by atoms with van der Waals surface area (Å²) in [5.41, 5.74) is -2.36. The normalized spacial score (nSPS) is 21.9. The predicted molar refractivity (Wildman–Crippen MR) is 170 cm³/mol. The van der Waals surface area contributed by atoms with Gasteiger partial charge in [-0.3, -0.25) is 19.4 Å². The molecule has 2 saturated heterocycles. The van der Waals surface area contributed by atoms with Crippen molar-refractivity contribution in [2.45, 2.75) is 95.2 Å². The Hall–Kier alpha value is -4.14. The second-order valence-electron chi connectivity index (χ2n) is 13.4. The predicted octanol–water partition coefficient (Wildman–Crippen LogP) is 6.62. The molecule has 0 spiro atoms. The van der Waals surface area contributed by atoms with Crippen LogP contribution in [0.5, 0.6) is 5.75 Å². The van der Waals surface area contributed by atoms with Gasteiger partial charge in [-0.15, -0.1) is 0 Å². The average molecular weight is 669 g/mol. The Balaban J connectivity index is 1.26. The quantitative estimate of drug-likeness (QED) is 0.267. The van der Waals surface area contributed by atoms with Crippen LogP contribution in [0.2, 0.25) is 0 Å². The monoisotopic (exact) mass is 668 g/mol. The van der Waals surface area contributed by atoms with Crippen molar-refractivity contribution >= 4 is 17.8 Å². The van der Waals surface area contributed by atoms with Gasteiger partial charge in [0.1, 0.15) is 5.75 Å². The van der Waals surface area contributed by atoms with E-state index in [2.05, 4.69) is 11.1 Å². The number of carbonyl (C=O) groups is 3. The van der Waals surface area contributed by atoms with Gasteiger partial charge in [0.25, 0.3) is 5.91 Å². The van der Waals surface area contributed by atoms with Crippen LogP contribution >= 0.6 is 0 Å². The highest BCUT2D eigenvalue weighted by Crippen LogP contribution is 2.45. The fourth-order valence-electron chi connectivity index (χ4n) is 7.76. The van der Waals surface area contributed by atoms with Gasteiger partial charge in [-0.05, 0) is 69.9 Å². The summed E-state index contributed by atoms with van der Waals surface area (Å²) in [5.74, 6) is -1.65. The van der Waals surface area contributed by atoms with Gasteiger partial charge in [-0.1, -0.05) is 38.0 Å². The third-order valence-electron chi connectivity index (χ3n) is 10.7. The summed E-state index contributed by atoms with van der Waals surface area (Å²) in [5, 5.41) is 20.1. The number of pyridine rings is 1. The van der Waals surface area contributed by atoms with Crippen molar-refractivity contribution in [2.75, 3.05) is 26.2 Å². The molecule has 12 heteroatoms. The second kappa shape index (κ2) is 14.5. The number of nitrogens with zero attached hydrogens (tertiary/aromatic N) is 4. The van der Waals surface area contributed by atoms with E-state index in [0.717, 1.165) is 30.4 Å². The van der Waals surface area contributed by atoms with Gasteiger partial charge in [-0.25, -0.2) is 0 Å². The number of likely N-dealkylation sites (tertiary alicyclic amines) is 2. The number of carboxylic acids is 1. The lowest BCUT2D eigenvalue weighted by molar-refractivity contribution is -0.155. The van der Waals surface area contributed by atoms with Crippen LogP contribution in [0.25, 0.3) is 0 Å². The van der Waals surface area contributed by atoms with E-state index in [0.29, 0.717) is 89.7 Å². The van der Waals surface area contributed by atoms with E-state index in [4.69, 9.17) is 4.74 Å². The van der Waals surface area contributed by atoms with E-state index in [1.165, 1.54) is 4.90 Å². The molecule has 2 amide bonds. The first-order chi connectivity index (χ1) is 23.0. The smallest absolute Gasteiger partial charge is 0.417 e. The number of carboxylic acid groups (broad SMARTS) is 1. The molecule has 0 bridgehead atoms. The summed E-state index contributed by atoms with van der Waals surface area (Å²) in [6, 6.07) is 10.1. The molecule has 258 valence electrons. The van der Waals surface area contributed by atoms with Gasteiger partial charge in [0, 0.05) is 43.6 Å². The number of ether oxygens (including phenoxy) is 1. The van der Waals surface area contributed by atoms with E-state index in [-0.39, 0.29) is 12.5 Å². The van der Waals surface area contributed by atoms with Crippen molar-refractivity contribution in [3.8, 4) is 11.8 Å². The topological polar surface area (TPSA) is 124 Å². The molecule has 2 unspecified atom stereocenters. The molecule has 1 saturated carbocycles. The van der Waals surface area contributed by atoms with Crippen LogP contribution in [0, 0.1) is 22.7 Å². The van der Waals surface area contributed by atoms with Gasteiger partial charge < -0.3 is 19.6 Å². The summed E-state index contributed by atoms with van der Waals surface area (Å²) in [7, 11) is 0. The van der Waals surface area contributed by atoms with Crippen LogP contribution in [0.4, 0.5) is 13.2 Å². The van der Waals surface area contributed by atoms with Crippen molar-refractivity contribution in [2.24, 2.45) is 11.3 Å². The van der Waals surface area contributed by atoms with Crippen LogP contribution in [0.3, 0.4) is 0 Å². The maximum absolute atomic E-state index is 14.1. The fourth-order valence-corrected chi connectivity index (χ4v) is 7.76. The standard InChI is InChI=1S/C36H43F3N4O5/c1-2-8-29-25(9-5-19-43(29)32(45)26-23-41-18-12-27(26)36(37,38)39)31(44)42-20-16-35(24-40,17-21-42)28-10-3-4-11-30(28)48-22-7-15-34(33(46)47)13-6-14-34/h3-4,10-12,18,23,25,29H,2,5-9,13-17,19-22H2,1H3,(H,46,47). The highest BCUT2D eigenvalue weighted by atomic mass is 19.4. The SMILES string of the molecule is CCCC1C(C(=O)N2CCC(C#N)(c3ccccc3OCCCC3(C(=O)O)CCC3)CC2)CCCN1C(=O)c1cnccc1C(F)(F)F. The summed E-state index contributed by atoms with van der Waals surface area (Å²) >= 11 is 0. The Morgan fingerprint density at radius 3 is 2.44 bits per heavy atom. The molecule has 1 aliphatic carbocycles. The number of rotatable bonds is 11. The average Bonchev–Trinajstić information content (AvgIpc) is 3.07. The van der Waals surface area contributed by atoms with Crippen LogP contribution < -0.4 is 4.74 Å². The van der Waals surface area contributed by atoms with Crippen molar-refractivity contribution in [3.63, 3.8) is 0 Å². The molecular weight excluding hydrogens is 625 g/mol. The van der Waals surface area contributed by atoms with E-state index < -0.39 is 52.0 Å². The first kappa shape index (κ1) is 35.2. The second-order valence-corrected chi connectivity index (χ2v) is 13.4. The highest BCUT2D eigenvalue weighted by molar-refractivity contribution is 5.96. The lowest BCUT2D eigenvalue weighted by Gasteiger charge is -2.44. The Kier molecular flexibility index (Phi) is 10.7. The summed E-state index contributed by atoms with van der Waals surface area (Å²) in [6.45, 7) is 3.13. The summed E-state index contributed by atoms with van der Waals surface area (Å²) in [4.78, 5) is 46.3. The van der Waals surface area contributed by atoms with E-state index in [9.17, 15) is 37.9 Å². The van der Waals surface area contributed by atoms with Crippen LogP contribution in [-0.2, 0) is 21.2 Å². The van der Waals surface area contributed by atoms with Gasteiger partial charge in [0.05, 0.1) is 40.6 Å². The molecule has 9 nitrogen and oxygen atoms in total. The number of aromatic nitrogens is 1. The number of hydrogen-bond acceptors (Lipinski definition) is 6. The molecule has 1 aromatic heterocycles. The number of aliphatic carboxylic acids is 1. The molecule has 3 heterocycles. The Labute approximate surface area is 279 Å². The Bertz CT molecular complexity index is 1530. The lowest BCUT2D eigenvalue weighted by Crippen LogP contribution is -2.55. The molecule has 3 fully saturated rings. The lowest BCUT2D eigenvalue weighted by atomic mass is 9.66. The van der Waals surface area contributed by atoms with E-state index in [1.54, 1.807) is 4.90 Å². The van der Waals surface area contributed by atoms with Crippen molar-refractivity contribution < 1.29 is 37.4 Å². The molecular formula is C36H43F3N4O5. The molecule has 1 N–H and O–H groups in total. The minimum Gasteiger partial charge on any atom is -0.493 e. The van der Waals surface area contributed by atoms with Crippen LogP contribution in [-0.4, -0.2) is 70.0 Å². The number of halogens is 3. The van der Waals surface area contributed by atoms with Gasteiger partial charge >= 0.3 is 12.1 Å². The first-order valence-corrected chi connectivity index (χ1v) is 16.9. The molecule has 1 aromatic carbocycles. The minimum atomic E-state index is -4.72. The van der Waals surface area contributed by atoms with E-state index in [1.807, 2.05) is 31.2 Å². The van der Waals surface area contributed by atoms with Gasteiger partial charge in [-0.2, -0.15) is 18.4 Å². The molecule has 2 aromatic rings. The van der Waals surface area contributed by atoms with Gasteiger partial charge in [0.2, 0.25) is 5.91 Å². The zero-order valence-corrected chi connectivity index (χ0v) is 27.3. The van der Waals surface area contributed by atoms with Crippen molar-refractivity contribution in [3.05, 3.63) is 59.4 Å². The maximum Gasteiger partial charge on any atom is 0.417 e. The summed E-state index contributed by atoms with van der Waals surface area (Å²) < 4.78 is 47.4. The number of amides is 2. The number of benzene rings is 1. The number of carbonyl (C=O) groups excluding carboxylic acids is 2. The molecule has 48 heavy (non-hydrogen) atoms. The van der Waals surface area contributed by atoms with Crippen LogP contribution in [0.1, 0.15) is 99.0 Å². The molecule has 2 aliphatic heterocycles. The third kappa shape index (κ3) is 7.01. The fraction of sp³-hybridized carbons (Fsp3) is 0.583. The van der Waals surface area contributed by atoms with Crippen molar-refractivity contribution in [1.29, 1.82) is 5.26 Å². The van der Waals surface area contributed by atoms with Crippen molar-refractivity contribution in [1.82, 2.24) is 14.8 Å². The maximum atomic E-state index is 14.1. The first-order valence-electron chi connectivity index (χ1n) is 16.9. The largest absolute Gasteiger partial charge is 0.493 e. The van der Waals surface area contributed by atoms with Crippen LogP contribution in [0.15, 0.2) is 42.7 Å². The van der Waals surface area contributed by atoms with Gasteiger partial charge in [0.15, 0.2) is 0 Å². The zero-order chi connectivity index (χ0) is 34.5. The number of alkyl halides is 3. The zero-order valence-electron chi connectivity index (χ0n) is 27.3. The number of piperidine rings is 2. The molecule has 5 rings (SSSR count). The minimum absolute atomic E-state index is 0.146. The Morgan fingerprint density at radius 2 is 1.81 bits per heavy atom. The highest BCUT2D eigenvalue weighted by Gasteiger charge is 2.46. The number of para-hydroxylation sites is 1.